The Kier molecular flexibility index (Phi) is 2.82. The van der Waals surface area contributed by atoms with E-state index in [1.54, 1.807) is 0 Å². The lowest BCUT2D eigenvalue weighted by Crippen LogP contribution is -2.27. The van der Waals surface area contributed by atoms with Crippen molar-refractivity contribution >= 4 is 0 Å². The van der Waals surface area contributed by atoms with Crippen LogP contribution in [0.3, 0.4) is 0 Å². The first-order chi connectivity index (χ1) is 7.95. The minimum absolute atomic E-state index is 0.699. The summed E-state index contributed by atoms with van der Waals surface area (Å²) in [5, 5.41) is 0. The van der Waals surface area contributed by atoms with Gasteiger partial charge in [-0.3, -0.25) is 0 Å². The first-order valence-electron chi connectivity index (χ1n) is 6.58. The van der Waals surface area contributed by atoms with Crippen molar-refractivity contribution < 1.29 is 0 Å². The summed E-state index contributed by atoms with van der Waals surface area (Å²) in [4.78, 5) is 0. The van der Waals surface area contributed by atoms with Gasteiger partial charge < -0.3 is 0 Å². The predicted molar refractivity (Wildman–Crippen MR) is 67.1 cm³/mol. The van der Waals surface area contributed by atoms with Gasteiger partial charge in [-0.1, -0.05) is 42.8 Å². The Hall–Kier alpha value is -1.04. The van der Waals surface area contributed by atoms with Gasteiger partial charge in [-0.15, -0.1) is 0 Å². The second-order valence-corrected chi connectivity index (χ2v) is 5.18. The fourth-order valence-corrected chi connectivity index (χ4v) is 3.45. The molecule has 0 amide bonds. The number of benzene rings is 1. The van der Waals surface area contributed by atoms with E-state index in [1.807, 2.05) is 0 Å². The molecule has 1 aromatic carbocycles. The molecule has 0 heteroatoms. The van der Waals surface area contributed by atoms with Gasteiger partial charge in [-0.05, 0) is 55.1 Å². The van der Waals surface area contributed by atoms with Gasteiger partial charge in [0.15, 0.2) is 0 Å². The van der Waals surface area contributed by atoms with Gasteiger partial charge in [0.25, 0.3) is 0 Å². The molecule has 2 aliphatic rings. The van der Waals surface area contributed by atoms with Gasteiger partial charge in [-0.25, -0.2) is 0 Å². The van der Waals surface area contributed by atoms with E-state index in [0.29, 0.717) is 5.92 Å². The summed E-state index contributed by atoms with van der Waals surface area (Å²) in [5.74, 6) is 2.34. The fraction of sp³-hybridized carbons (Fsp3) is 0.500. The molecule has 0 aliphatic heterocycles. The third kappa shape index (κ3) is 1.81. The Labute approximate surface area is 98.4 Å². The molecule has 0 N–H and O–H groups in total. The second kappa shape index (κ2) is 4.45. The van der Waals surface area contributed by atoms with Gasteiger partial charge in [0, 0.05) is 0 Å². The lowest BCUT2D eigenvalue weighted by Gasteiger charge is -2.38. The number of hydrogen-bond donors (Lipinski definition) is 0. The predicted octanol–water partition coefficient (Wildman–Crippen LogP) is 4.34. The van der Waals surface area contributed by atoms with E-state index in [1.165, 1.54) is 37.7 Å². The third-order valence-electron chi connectivity index (χ3n) is 4.25. The molecule has 3 rings (SSSR count). The highest BCUT2D eigenvalue weighted by atomic mass is 14.4. The average Bonchev–Trinajstić information content (AvgIpc) is 2.39. The summed E-state index contributed by atoms with van der Waals surface area (Å²) >= 11 is 0. The third-order valence-corrected chi connectivity index (χ3v) is 4.25. The molecule has 0 nitrogen and oxygen atoms in total. The topological polar surface area (TPSA) is 0 Å². The molecule has 0 heterocycles. The summed E-state index contributed by atoms with van der Waals surface area (Å²) in [5.41, 5.74) is 1.53. The van der Waals surface area contributed by atoms with Gasteiger partial charge in [0.1, 0.15) is 0 Å². The Morgan fingerprint density at radius 3 is 2.75 bits per heavy atom. The molecule has 0 spiro atoms. The highest BCUT2D eigenvalue weighted by Crippen LogP contribution is 2.45. The normalized spacial score (nSPS) is 33.4. The Morgan fingerprint density at radius 1 is 1.00 bits per heavy atom. The molecular formula is C16H19. The molecule has 83 valence electrons. The van der Waals surface area contributed by atoms with Gasteiger partial charge >= 0.3 is 0 Å². The van der Waals surface area contributed by atoms with Crippen molar-refractivity contribution in [2.75, 3.05) is 0 Å². The van der Waals surface area contributed by atoms with E-state index in [9.17, 15) is 0 Å². The monoisotopic (exact) mass is 211 g/mol. The van der Waals surface area contributed by atoms with Gasteiger partial charge in [0.05, 0.1) is 0 Å². The molecule has 2 aliphatic carbocycles. The highest BCUT2D eigenvalue weighted by Gasteiger charge is 2.33. The van der Waals surface area contributed by atoms with Gasteiger partial charge in [0.2, 0.25) is 0 Å². The second-order valence-electron chi connectivity index (χ2n) is 5.18. The minimum atomic E-state index is 0.699. The van der Waals surface area contributed by atoms with E-state index in [-0.39, 0.29) is 0 Å². The van der Waals surface area contributed by atoms with E-state index >= 15 is 0 Å². The van der Waals surface area contributed by atoms with Crippen LogP contribution in [-0.4, -0.2) is 0 Å². The van der Waals surface area contributed by atoms with Crippen LogP contribution in [0.1, 0.15) is 43.6 Å². The SMILES string of the molecule is [C]1=CCCC2CCCC(c3ccccc3)C12. The molecule has 3 unspecified atom stereocenters. The van der Waals surface area contributed by atoms with Crippen LogP contribution in [-0.2, 0) is 0 Å². The zero-order valence-corrected chi connectivity index (χ0v) is 9.73. The quantitative estimate of drug-likeness (QED) is 0.648. The summed E-state index contributed by atoms with van der Waals surface area (Å²) in [6, 6.07) is 11.0. The van der Waals surface area contributed by atoms with Crippen LogP contribution in [0.4, 0.5) is 0 Å². The maximum atomic E-state index is 3.64. The molecule has 1 saturated carbocycles. The Balaban J connectivity index is 1.89. The number of fused-ring (bicyclic) bond motifs is 1. The van der Waals surface area contributed by atoms with E-state index < -0.39 is 0 Å². The molecule has 3 atom stereocenters. The zero-order valence-electron chi connectivity index (χ0n) is 9.73. The van der Waals surface area contributed by atoms with Crippen molar-refractivity contribution in [2.24, 2.45) is 11.8 Å². The van der Waals surface area contributed by atoms with Crippen LogP contribution in [0.5, 0.6) is 0 Å². The van der Waals surface area contributed by atoms with Crippen molar-refractivity contribution in [3.05, 3.63) is 48.0 Å². The Morgan fingerprint density at radius 2 is 1.88 bits per heavy atom. The highest BCUT2D eigenvalue weighted by molar-refractivity contribution is 5.22. The lowest BCUT2D eigenvalue weighted by molar-refractivity contribution is 0.219. The lowest BCUT2D eigenvalue weighted by atomic mass is 9.66. The van der Waals surface area contributed by atoms with Crippen molar-refractivity contribution in [1.29, 1.82) is 0 Å². The standard InChI is InChI=1S/C16H19/c1-2-7-13(8-3-1)16-12-6-10-14-9-4-5-11-15(14)16/h1-3,5,7-8,14-16H,4,6,9-10,12H2. The molecule has 1 fully saturated rings. The maximum absolute atomic E-state index is 3.64. The van der Waals surface area contributed by atoms with Crippen molar-refractivity contribution in [1.82, 2.24) is 0 Å². The number of hydrogen-bond acceptors (Lipinski definition) is 0. The summed E-state index contributed by atoms with van der Waals surface area (Å²) in [6.45, 7) is 0. The summed E-state index contributed by atoms with van der Waals surface area (Å²) in [6.07, 6.45) is 12.8. The largest absolute Gasteiger partial charge is 0.0807 e. The van der Waals surface area contributed by atoms with Crippen LogP contribution in [0.15, 0.2) is 36.4 Å². The molecule has 0 saturated heterocycles. The van der Waals surface area contributed by atoms with Crippen LogP contribution in [0.2, 0.25) is 0 Å². The molecular weight excluding hydrogens is 192 g/mol. The van der Waals surface area contributed by atoms with Crippen molar-refractivity contribution in [3.63, 3.8) is 0 Å². The number of allylic oxidation sites excluding steroid dienone is 2. The number of rotatable bonds is 1. The maximum Gasteiger partial charge on any atom is -0.00651 e. The average molecular weight is 211 g/mol. The van der Waals surface area contributed by atoms with Crippen molar-refractivity contribution in [2.45, 2.75) is 38.0 Å². The summed E-state index contributed by atoms with van der Waals surface area (Å²) < 4.78 is 0. The molecule has 0 bridgehead atoms. The molecule has 16 heavy (non-hydrogen) atoms. The summed E-state index contributed by atoms with van der Waals surface area (Å²) in [7, 11) is 0. The van der Waals surface area contributed by atoms with E-state index in [2.05, 4.69) is 42.5 Å². The van der Waals surface area contributed by atoms with Crippen LogP contribution < -0.4 is 0 Å². The molecule has 1 aromatic rings. The van der Waals surface area contributed by atoms with Gasteiger partial charge in [-0.2, -0.15) is 0 Å². The molecule has 1 radical (unpaired) electrons. The minimum Gasteiger partial charge on any atom is -0.0807 e. The molecule has 0 aromatic heterocycles. The van der Waals surface area contributed by atoms with Crippen LogP contribution in [0.25, 0.3) is 0 Å². The zero-order chi connectivity index (χ0) is 10.8. The first-order valence-corrected chi connectivity index (χ1v) is 6.58. The van der Waals surface area contributed by atoms with E-state index in [0.717, 1.165) is 11.8 Å². The first kappa shape index (κ1) is 10.1. The van der Waals surface area contributed by atoms with Crippen LogP contribution in [0, 0.1) is 17.9 Å². The fourth-order valence-electron chi connectivity index (χ4n) is 3.45. The van der Waals surface area contributed by atoms with E-state index in [4.69, 9.17) is 0 Å². The van der Waals surface area contributed by atoms with Crippen LogP contribution >= 0.6 is 0 Å². The Bertz CT molecular complexity index is 363. The van der Waals surface area contributed by atoms with Crippen molar-refractivity contribution in [3.8, 4) is 0 Å². The smallest absolute Gasteiger partial charge is 0.00651 e.